The van der Waals surface area contributed by atoms with Crippen molar-refractivity contribution >= 4 is 10.9 Å². The Balaban J connectivity index is 2.07. The van der Waals surface area contributed by atoms with Crippen LogP contribution in [-0.4, -0.2) is 23.3 Å². The lowest BCUT2D eigenvalue weighted by Gasteiger charge is -2.20. The summed E-state index contributed by atoms with van der Waals surface area (Å²) in [5.74, 6) is 0. The van der Waals surface area contributed by atoms with E-state index in [1.54, 1.807) is 0 Å². The van der Waals surface area contributed by atoms with Crippen LogP contribution in [0.3, 0.4) is 0 Å². The van der Waals surface area contributed by atoms with Crippen LogP contribution in [0.15, 0.2) is 30.5 Å². The van der Waals surface area contributed by atoms with Crippen molar-refractivity contribution in [3.05, 3.63) is 36.0 Å². The zero-order valence-corrected chi connectivity index (χ0v) is 13.1. The van der Waals surface area contributed by atoms with E-state index in [4.69, 9.17) is 4.74 Å². The first-order valence-electron chi connectivity index (χ1n) is 7.40. The molecule has 0 unspecified atom stereocenters. The molecule has 0 spiro atoms. The monoisotopic (exact) mass is 274 g/mol. The SMILES string of the molecule is CCOCCn1ccc2cc(CNC(C)(C)C)ccc21. The zero-order valence-electron chi connectivity index (χ0n) is 13.1. The topological polar surface area (TPSA) is 26.2 Å². The van der Waals surface area contributed by atoms with E-state index in [9.17, 15) is 0 Å². The summed E-state index contributed by atoms with van der Waals surface area (Å²) in [4.78, 5) is 0. The second kappa shape index (κ2) is 6.42. The normalized spacial score (nSPS) is 12.2. The van der Waals surface area contributed by atoms with Crippen molar-refractivity contribution in [3.8, 4) is 0 Å². The van der Waals surface area contributed by atoms with Gasteiger partial charge in [-0.25, -0.2) is 0 Å². The predicted octanol–water partition coefficient (Wildman–Crippen LogP) is 3.57. The van der Waals surface area contributed by atoms with Crippen LogP contribution in [0.4, 0.5) is 0 Å². The molecule has 2 aromatic rings. The Morgan fingerprint density at radius 1 is 1.20 bits per heavy atom. The first-order valence-corrected chi connectivity index (χ1v) is 7.40. The molecule has 110 valence electrons. The molecule has 0 aliphatic rings. The molecule has 1 aromatic heterocycles. The summed E-state index contributed by atoms with van der Waals surface area (Å²) in [6.07, 6.45) is 2.14. The number of nitrogens with zero attached hydrogens (tertiary/aromatic N) is 1. The lowest BCUT2D eigenvalue weighted by molar-refractivity contribution is 0.140. The van der Waals surface area contributed by atoms with E-state index in [1.165, 1.54) is 16.5 Å². The highest BCUT2D eigenvalue weighted by Crippen LogP contribution is 2.18. The molecule has 0 aliphatic heterocycles. The summed E-state index contributed by atoms with van der Waals surface area (Å²) >= 11 is 0. The lowest BCUT2D eigenvalue weighted by atomic mass is 10.1. The maximum Gasteiger partial charge on any atom is 0.0645 e. The average molecular weight is 274 g/mol. The summed E-state index contributed by atoms with van der Waals surface area (Å²) in [5, 5.41) is 4.83. The lowest BCUT2D eigenvalue weighted by Crippen LogP contribution is -2.35. The highest BCUT2D eigenvalue weighted by atomic mass is 16.5. The van der Waals surface area contributed by atoms with Crippen LogP contribution in [0.1, 0.15) is 33.3 Å². The molecule has 3 nitrogen and oxygen atoms in total. The molecule has 0 amide bonds. The van der Waals surface area contributed by atoms with Crippen molar-refractivity contribution in [2.24, 2.45) is 0 Å². The highest BCUT2D eigenvalue weighted by molar-refractivity contribution is 5.80. The van der Waals surface area contributed by atoms with Gasteiger partial charge in [0.1, 0.15) is 0 Å². The van der Waals surface area contributed by atoms with Gasteiger partial charge in [0.2, 0.25) is 0 Å². The van der Waals surface area contributed by atoms with Crippen molar-refractivity contribution < 1.29 is 4.74 Å². The fourth-order valence-corrected chi connectivity index (χ4v) is 2.23. The Kier molecular flexibility index (Phi) is 4.84. The van der Waals surface area contributed by atoms with Gasteiger partial charge >= 0.3 is 0 Å². The van der Waals surface area contributed by atoms with Gasteiger partial charge in [-0.1, -0.05) is 6.07 Å². The Labute approximate surface area is 121 Å². The molecule has 0 radical (unpaired) electrons. The summed E-state index contributed by atoms with van der Waals surface area (Å²) in [6, 6.07) is 8.87. The number of fused-ring (bicyclic) bond motifs is 1. The van der Waals surface area contributed by atoms with Crippen molar-refractivity contribution in [2.45, 2.75) is 46.3 Å². The molecule has 2 rings (SSSR count). The minimum Gasteiger partial charge on any atom is -0.380 e. The van der Waals surface area contributed by atoms with Gasteiger partial charge in [0.15, 0.2) is 0 Å². The first-order chi connectivity index (χ1) is 9.49. The molecule has 0 saturated carbocycles. The molecule has 0 saturated heterocycles. The molecule has 0 aliphatic carbocycles. The van der Waals surface area contributed by atoms with E-state index < -0.39 is 0 Å². The van der Waals surface area contributed by atoms with Crippen LogP contribution in [0.5, 0.6) is 0 Å². The van der Waals surface area contributed by atoms with Gasteiger partial charge in [-0.15, -0.1) is 0 Å². The van der Waals surface area contributed by atoms with E-state index in [0.29, 0.717) is 0 Å². The van der Waals surface area contributed by atoms with Crippen LogP contribution in [-0.2, 0) is 17.8 Å². The molecule has 0 bridgehead atoms. The minimum atomic E-state index is 0.151. The third kappa shape index (κ3) is 4.09. The number of hydrogen-bond donors (Lipinski definition) is 1. The molecule has 0 fully saturated rings. The summed E-state index contributed by atoms with van der Waals surface area (Å²) < 4.78 is 7.68. The maximum absolute atomic E-state index is 5.42. The van der Waals surface area contributed by atoms with Gasteiger partial charge in [-0.3, -0.25) is 0 Å². The Morgan fingerprint density at radius 2 is 2.00 bits per heavy atom. The third-order valence-electron chi connectivity index (χ3n) is 3.34. The molecule has 1 N–H and O–H groups in total. The number of rotatable bonds is 6. The smallest absolute Gasteiger partial charge is 0.0645 e. The summed E-state index contributed by atoms with van der Waals surface area (Å²) in [5.41, 5.74) is 2.76. The predicted molar refractivity (Wildman–Crippen MR) is 85.0 cm³/mol. The molecule has 3 heteroatoms. The molecule has 20 heavy (non-hydrogen) atoms. The van der Waals surface area contributed by atoms with Crippen LogP contribution in [0, 0.1) is 0 Å². The zero-order chi connectivity index (χ0) is 14.6. The highest BCUT2D eigenvalue weighted by Gasteiger charge is 2.09. The summed E-state index contributed by atoms with van der Waals surface area (Å²) in [6.45, 7) is 12.0. The van der Waals surface area contributed by atoms with Gasteiger partial charge in [-0.05, 0) is 56.8 Å². The fraction of sp³-hybridized carbons (Fsp3) is 0.529. The number of benzene rings is 1. The number of aromatic nitrogens is 1. The fourth-order valence-electron chi connectivity index (χ4n) is 2.23. The van der Waals surface area contributed by atoms with Gasteiger partial charge in [0.25, 0.3) is 0 Å². The van der Waals surface area contributed by atoms with Crippen molar-refractivity contribution in [2.75, 3.05) is 13.2 Å². The van der Waals surface area contributed by atoms with Gasteiger partial charge < -0.3 is 14.6 Å². The van der Waals surface area contributed by atoms with Crippen molar-refractivity contribution in [3.63, 3.8) is 0 Å². The molecule has 1 aromatic carbocycles. The number of ether oxygens (including phenoxy) is 1. The van der Waals surface area contributed by atoms with Gasteiger partial charge in [0, 0.05) is 36.9 Å². The van der Waals surface area contributed by atoms with E-state index in [2.05, 4.69) is 61.1 Å². The average Bonchev–Trinajstić information content (AvgIpc) is 2.79. The Bertz CT molecular complexity index is 552. The molecule has 0 atom stereocenters. The van der Waals surface area contributed by atoms with Crippen molar-refractivity contribution in [1.82, 2.24) is 9.88 Å². The van der Waals surface area contributed by atoms with Crippen molar-refractivity contribution in [1.29, 1.82) is 0 Å². The second-order valence-corrected chi connectivity index (χ2v) is 6.20. The van der Waals surface area contributed by atoms with Crippen LogP contribution in [0.25, 0.3) is 10.9 Å². The maximum atomic E-state index is 5.42. The van der Waals surface area contributed by atoms with E-state index in [0.717, 1.165) is 26.3 Å². The van der Waals surface area contributed by atoms with Crippen LogP contribution >= 0.6 is 0 Å². The van der Waals surface area contributed by atoms with E-state index >= 15 is 0 Å². The molecular weight excluding hydrogens is 248 g/mol. The minimum absolute atomic E-state index is 0.151. The third-order valence-corrected chi connectivity index (χ3v) is 3.34. The molecule has 1 heterocycles. The number of nitrogens with one attached hydrogen (secondary N) is 1. The van der Waals surface area contributed by atoms with Crippen LogP contribution < -0.4 is 5.32 Å². The molecular formula is C17H26N2O. The van der Waals surface area contributed by atoms with Gasteiger partial charge in [-0.2, -0.15) is 0 Å². The first kappa shape index (κ1) is 15.1. The second-order valence-electron chi connectivity index (χ2n) is 6.20. The van der Waals surface area contributed by atoms with Crippen LogP contribution in [0.2, 0.25) is 0 Å². The largest absolute Gasteiger partial charge is 0.380 e. The summed E-state index contributed by atoms with van der Waals surface area (Å²) in [7, 11) is 0. The standard InChI is InChI=1S/C17H26N2O/c1-5-20-11-10-19-9-8-15-12-14(6-7-16(15)19)13-18-17(2,3)4/h6-9,12,18H,5,10-11,13H2,1-4H3. The number of hydrogen-bond acceptors (Lipinski definition) is 2. The van der Waals surface area contributed by atoms with E-state index in [1.807, 2.05) is 6.92 Å². The Hall–Kier alpha value is -1.32. The van der Waals surface area contributed by atoms with E-state index in [-0.39, 0.29) is 5.54 Å². The Morgan fingerprint density at radius 3 is 2.70 bits per heavy atom. The quantitative estimate of drug-likeness (QED) is 0.815. The van der Waals surface area contributed by atoms with Gasteiger partial charge in [0.05, 0.1) is 6.61 Å².